The van der Waals surface area contributed by atoms with Crippen molar-refractivity contribution in [3.05, 3.63) is 85.5 Å². The van der Waals surface area contributed by atoms with E-state index >= 15 is 0 Å². The van der Waals surface area contributed by atoms with Gasteiger partial charge in [0.2, 0.25) is 0 Å². The molecule has 4 aromatic rings. The normalized spacial score (nSPS) is 11.7. The highest BCUT2D eigenvalue weighted by molar-refractivity contribution is 6.30. The predicted octanol–water partition coefficient (Wildman–Crippen LogP) is 3.16. The minimum atomic E-state index is -3.00. The van der Waals surface area contributed by atoms with Crippen molar-refractivity contribution in [1.82, 2.24) is 18.7 Å². The first-order chi connectivity index (χ1) is 17.6. The van der Waals surface area contributed by atoms with Crippen molar-refractivity contribution in [2.24, 2.45) is 7.05 Å². The number of aliphatic hydroxyl groups is 1. The third-order valence-corrected chi connectivity index (χ3v) is 5.95. The van der Waals surface area contributed by atoms with Crippen LogP contribution in [0.1, 0.15) is 18.1 Å². The van der Waals surface area contributed by atoms with Crippen LogP contribution in [0.2, 0.25) is 5.02 Å². The quantitative estimate of drug-likeness (QED) is 0.314. The molecule has 2 aromatic carbocycles. The monoisotopic (exact) mass is 534 g/mol. The summed E-state index contributed by atoms with van der Waals surface area (Å²) in [6.45, 7) is 0.420. The number of ether oxygens (including phenoxy) is 2. The van der Waals surface area contributed by atoms with E-state index in [9.17, 15) is 23.5 Å². The molecule has 9 nitrogen and oxygen atoms in total. The lowest BCUT2D eigenvalue weighted by Crippen LogP contribution is -2.40. The number of nitrogens with zero attached hydrogens (tertiary/aromatic N) is 4. The molecule has 0 radical (unpaired) electrons. The second kappa shape index (κ2) is 10.7. The highest BCUT2D eigenvalue weighted by atomic mass is 35.5. The van der Waals surface area contributed by atoms with Gasteiger partial charge in [-0.25, -0.2) is 13.6 Å². The van der Waals surface area contributed by atoms with Gasteiger partial charge in [0, 0.05) is 24.6 Å². The molecule has 0 amide bonds. The van der Waals surface area contributed by atoms with Gasteiger partial charge in [-0.05, 0) is 29.8 Å². The fourth-order valence-corrected chi connectivity index (χ4v) is 3.96. The van der Waals surface area contributed by atoms with E-state index < -0.39 is 23.8 Å². The maximum atomic E-state index is 13.6. The topological polar surface area (TPSA) is 101 Å². The summed E-state index contributed by atoms with van der Waals surface area (Å²) in [4.78, 5) is 30.3. The van der Waals surface area contributed by atoms with E-state index in [1.54, 1.807) is 30.3 Å². The van der Waals surface area contributed by atoms with E-state index in [0.717, 1.165) is 17.1 Å². The Balaban J connectivity index is 1.64. The minimum Gasteiger partial charge on any atom is -0.490 e. The van der Waals surface area contributed by atoms with Crippen LogP contribution in [0.3, 0.4) is 0 Å². The van der Waals surface area contributed by atoms with Crippen LogP contribution in [0.15, 0.2) is 58.1 Å². The van der Waals surface area contributed by atoms with Crippen LogP contribution in [0.25, 0.3) is 11.2 Å². The van der Waals surface area contributed by atoms with Gasteiger partial charge in [-0.15, -0.1) is 0 Å². The Hall–Kier alpha value is -3.70. The lowest BCUT2D eigenvalue weighted by molar-refractivity contribution is 0.0172. The van der Waals surface area contributed by atoms with Gasteiger partial charge in [0.25, 0.3) is 17.5 Å². The van der Waals surface area contributed by atoms with Gasteiger partial charge in [-0.1, -0.05) is 35.9 Å². The molecular weight excluding hydrogens is 510 g/mol. The number of aromatic nitrogens is 4. The van der Waals surface area contributed by atoms with Crippen molar-refractivity contribution in [1.29, 1.82) is 0 Å². The first-order valence-corrected chi connectivity index (χ1v) is 11.8. The van der Waals surface area contributed by atoms with E-state index in [2.05, 4.69) is 4.98 Å². The number of aliphatic hydroxyl groups excluding tert-OH is 1. The largest absolute Gasteiger partial charge is 0.490 e. The van der Waals surface area contributed by atoms with Crippen LogP contribution in [0, 0.1) is 0 Å². The highest BCUT2D eigenvalue weighted by Gasteiger charge is 2.24. The molecule has 0 unspecified atom stereocenters. The molecule has 0 aliphatic carbocycles. The van der Waals surface area contributed by atoms with Crippen molar-refractivity contribution >= 4 is 22.8 Å². The number of fused-ring (bicyclic) bond motifs is 1. The van der Waals surface area contributed by atoms with Crippen LogP contribution in [-0.4, -0.2) is 43.6 Å². The number of hydrogen-bond acceptors (Lipinski definition) is 6. The van der Waals surface area contributed by atoms with Gasteiger partial charge in [0.1, 0.15) is 19.0 Å². The van der Waals surface area contributed by atoms with Crippen molar-refractivity contribution in [3.8, 4) is 11.8 Å². The number of hydrogen-bond donors (Lipinski definition) is 1. The van der Waals surface area contributed by atoms with E-state index in [1.165, 1.54) is 34.4 Å². The maximum Gasteiger partial charge on any atom is 0.332 e. The maximum absolute atomic E-state index is 13.6. The lowest BCUT2D eigenvalue weighted by atomic mass is 10.1. The molecule has 0 fully saturated rings. The molecule has 12 heteroatoms. The number of halogens is 3. The minimum absolute atomic E-state index is 0.0105. The number of aryl methyl sites for hydroxylation is 1. The van der Waals surface area contributed by atoms with Gasteiger partial charge in [-0.2, -0.15) is 4.98 Å². The molecule has 0 aliphatic heterocycles. The smallest absolute Gasteiger partial charge is 0.332 e. The summed E-state index contributed by atoms with van der Waals surface area (Å²) in [6, 6.07) is 12.7. The van der Waals surface area contributed by atoms with E-state index in [1.807, 2.05) is 0 Å². The summed E-state index contributed by atoms with van der Waals surface area (Å²) in [6.07, 6.45) is 0. The first-order valence-electron chi connectivity index (χ1n) is 11.4. The number of rotatable bonds is 10. The number of imidazole rings is 1. The van der Waals surface area contributed by atoms with Gasteiger partial charge in [-0.3, -0.25) is 18.5 Å². The van der Waals surface area contributed by atoms with E-state index in [0.29, 0.717) is 5.02 Å². The summed E-state index contributed by atoms with van der Waals surface area (Å²) in [5.74, 6) is -2.74. The fraction of sp³-hybridized carbons (Fsp3) is 0.320. The molecule has 0 saturated carbocycles. The van der Waals surface area contributed by atoms with Crippen molar-refractivity contribution in [3.63, 3.8) is 0 Å². The summed E-state index contributed by atoms with van der Waals surface area (Å²) in [7, 11) is 1.47. The molecule has 1 N–H and O–H groups in total. The summed E-state index contributed by atoms with van der Waals surface area (Å²) >= 11 is 5.99. The Bertz CT molecular complexity index is 1520. The van der Waals surface area contributed by atoms with Crippen LogP contribution in [0.4, 0.5) is 8.78 Å². The average molecular weight is 535 g/mol. The molecule has 37 heavy (non-hydrogen) atoms. The second-order valence-electron chi connectivity index (χ2n) is 8.41. The Labute approximate surface area is 215 Å². The van der Waals surface area contributed by atoms with Gasteiger partial charge in [0.15, 0.2) is 11.2 Å². The van der Waals surface area contributed by atoms with Crippen molar-refractivity contribution < 1.29 is 23.4 Å². The Morgan fingerprint density at radius 1 is 1.05 bits per heavy atom. The zero-order valence-electron chi connectivity index (χ0n) is 20.2. The molecule has 4 rings (SSSR count). The van der Waals surface area contributed by atoms with Gasteiger partial charge in [0.05, 0.1) is 19.7 Å². The third-order valence-electron chi connectivity index (χ3n) is 5.70. The van der Waals surface area contributed by atoms with Crippen LogP contribution < -0.4 is 20.7 Å². The Morgan fingerprint density at radius 3 is 2.43 bits per heavy atom. The Morgan fingerprint density at radius 2 is 1.76 bits per heavy atom. The molecule has 0 bridgehead atoms. The number of alkyl halides is 2. The lowest BCUT2D eigenvalue weighted by Gasteiger charge is -2.13. The zero-order chi connectivity index (χ0) is 26.7. The summed E-state index contributed by atoms with van der Waals surface area (Å²) < 4.78 is 42.3. The molecule has 0 aliphatic rings. The predicted molar refractivity (Wildman–Crippen MR) is 134 cm³/mol. The molecular formula is C25H25ClF2N4O5. The standard InChI is InChI=1S/C25H25ClF2N4O5/c1-25(27,28)17-4-3-5-19(14-17)36-12-13-37-23-29-21-20(22(34)31(10-11-33)24(35)30(21)2)32(23)15-16-6-8-18(26)9-7-16/h3-9,14,33H,10-13,15H2,1-2H3. The third kappa shape index (κ3) is 5.67. The molecule has 0 spiro atoms. The molecule has 2 aromatic heterocycles. The van der Waals surface area contributed by atoms with E-state index in [-0.39, 0.29) is 54.8 Å². The molecule has 196 valence electrons. The van der Waals surface area contributed by atoms with Crippen LogP contribution in [-0.2, 0) is 26.1 Å². The molecule has 0 atom stereocenters. The highest BCUT2D eigenvalue weighted by Crippen LogP contribution is 2.29. The number of benzene rings is 2. The van der Waals surface area contributed by atoms with E-state index in [4.69, 9.17) is 21.1 Å². The van der Waals surface area contributed by atoms with Crippen LogP contribution in [0.5, 0.6) is 11.8 Å². The molecule has 0 saturated heterocycles. The zero-order valence-corrected chi connectivity index (χ0v) is 20.9. The van der Waals surface area contributed by atoms with Gasteiger partial charge >= 0.3 is 5.69 Å². The van der Waals surface area contributed by atoms with Crippen molar-refractivity contribution in [2.75, 3.05) is 19.8 Å². The SMILES string of the molecule is Cn1c(=O)n(CCO)c(=O)c2c1nc(OCCOc1cccc(C(C)(F)F)c1)n2Cc1ccc(Cl)cc1. The first kappa shape index (κ1) is 26.4. The van der Waals surface area contributed by atoms with Crippen molar-refractivity contribution in [2.45, 2.75) is 25.9 Å². The Kier molecular flexibility index (Phi) is 7.65. The summed E-state index contributed by atoms with van der Waals surface area (Å²) in [5.41, 5.74) is -0.367. The van der Waals surface area contributed by atoms with Gasteiger partial charge < -0.3 is 14.6 Å². The fourth-order valence-electron chi connectivity index (χ4n) is 3.83. The second-order valence-corrected chi connectivity index (χ2v) is 8.85. The molecule has 2 heterocycles. The average Bonchev–Trinajstić information content (AvgIpc) is 3.22. The van der Waals surface area contributed by atoms with Crippen LogP contribution >= 0.6 is 11.6 Å². The summed E-state index contributed by atoms with van der Waals surface area (Å²) in [5, 5.41) is 9.89.